The summed E-state index contributed by atoms with van der Waals surface area (Å²) in [6.07, 6.45) is 3.96. The van der Waals surface area contributed by atoms with Crippen molar-refractivity contribution in [2.75, 3.05) is 11.9 Å². The first-order valence-electron chi connectivity index (χ1n) is 5.28. The second-order valence-corrected chi connectivity index (χ2v) is 4.25. The molecule has 0 radical (unpaired) electrons. The largest absolute Gasteiger partial charge is 0.391 e. The number of anilines is 1. The molecule has 0 spiro atoms. The van der Waals surface area contributed by atoms with Crippen LogP contribution in [0.2, 0.25) is 0 Å². The highest BCUT2D eigenvalue weighted by Crippen LogP contribution is 2.05. The van der Waals surface area contributed by atoms with Crippen molar-refractivity contribution in [1.82, 2.24) is 9.97 Å². The number of rotatable bonds is 5. The third-order valence-electron chi connectivity index (χ3n) is 2.02. The monoisotopic (exact) mass is 209 g/mol. The van der Waals surface area contributed by atoms with Crippen LogP contribution in [0.25, 0.3) is 0 Å². The summed E-state index contributed by atoms with van der Waals surface area (Å²) >= 11 is 0. The Morgan fingerprint density at radius 2 is 1.93 bits per heavy atom. The summed E-state index contributed by atoms with van der Waals surface area (Å²) in [5.74, 6) is 1.07. The second-order valence-electron chi connectivity index (χ2n) is 4.25. The van der Waals surface area contributed by atoms with Crippen LogP contribution in [0.1, 0.15) is 25.8 Å². The number of aryl methyl sites for hydroxylation is 1. The highest BCUT2D eigenvalue weighted by Gasteiger charge is 2.06. The number of nitrogens with one attached hydrogen (secondary N) is 1. The van der Waals surface area contributed by atoms with Crippen molar-refractivity contribution in [2.45, 2.75) is 33.3 Å². The van der Waals surface area contributed by atoms with E-state index < -0.39 is 0 Å². The van der Waals surface area contributed by atoms with Crippen LogP contribution in [0, 0.1) is 12.8 Å². The summed E-state index contributed by atoms with van der Waals surface area (Å²) in [4.78, 5) is 8.19. The van der Waals surface area contributed by atoms with Gasteiger partial charge in [0.15, 0.2) is 0 Å². The Kier molecular flexibility index (Phi) is 4.49. The number of aliphatic hydroxyl groups excluding tert-OH is 1. The third-order valence-corrected chi connectivity index (χ3v) is 2.02. The standard InChI is InChI=1S/C11H19N3O/c1-8(2)4-10(15)7-14-11-12-5-9(3)6-13-11/h5-6,8,10,15H,4,7H2,1-3H3,(H,12,13,14). The lowest BCUT2D eigenvalue weighted by Crippen LogP contribution is -2.22. The molecule has 1 unspecified atom stereocenters. The van der Waals surface area contributed by atoms with E-state index >= 15 is 0 Å². The summed E-state index contributed by atoms with van der Waals surface area (Å²) in [5, 5.41) is 12.6. The molecule has 0 saturated carbocycles. The van der Waals surface area contributed by atoms with Gasteiger partial charge in [-0.2, -0.15) is 0 Å². The van der Waals surface area contributed by atoms with Gasteiger partial charge in [-0.15, -0.1) is 0 Å². The molecule has 0 aliphatic carbocycles. The molecule has 0 fully saturated rings. The van der Waals surface area contributed by atoms with Gasteiger partial charge in [0.05, 0.1) is 6.10 Å². The molecule has 1 aromatic rings. The van der Waals surface area contributed by atoms with Crippen LogP contribution in [0.3, 0.4) is 0 Å². The molecule has 2 N–H and O–H groups in total. The van der Waals surface area contributed by atoms with Gasteiger partial charge in [-0.1, -0.05) is 13.8 Å². The van der Waals surface area contributed by atoms with Crippen LogP contribution >= 0.6 is 0 Å². The van der Waals surface area contributed by atoms with Crippen molar-refractivity contribution < 1.29 is 5.11 Å². The normalized spacial score (nSPS) is 12.9. The van der Waals surface area contributed by atoms with E-state index in [2.05, 4.69) is 29.1 Å². The Hall–Kier alpha value is -1.16. The summed E-state index contributed by atoms with van der Waals surface area (Å²) < 4.78 is 0. The summed E-state index contributed by atoms with van der Waals surface area (Å²) in [5.41, 5.74) is 1.03. The number of hydrogen-bond acceptors (Lipinski definition) is 4. The van der Waals surface area contributed by atoms with E-state index in [1.165, 1.54) is 0 Å². The zero-order valence-corrected chi connectivity index (χ0v) is 9.57. The van der Waals surface area contributed by atoms with Crippen molar-refractivity contribution in [3.8, 4) is 0 Å². The van der Waals surface area contributed by atoms with Gasteiger partial charge in [-0.25, -0.2) is 9.97 Å². The first kappa shape index (κ1) is 11.9. The lowest BCUT2D eigenvalue weighted by atomic mass is 10.1. The topological polar surface area (TPSA) is 58.0 Å². The molecule has 0 aliphatic rings. The second kappa shape index (κ2) is 5.66. The molecule has 1 aromatic heterocycles. The zero-order chi connectivity index (χ0) is 11.3. The molecule has 1 rings (SSSR count). The van der Waals surface area contributed by atoms with Crippen molar-refractivity contribution >= 4 is 5.95 Å². The predicted molar refractivity (Wildman–Crippen MR) is 60.7 cm³/mol. The maximum atomic E-state index is 9.62. The zero-order valence-electron chi connectivity index (χ0n) is 9.57. The van der Waals surface area contributed by atoms with E-state index in [9.17, 15) is 5.11 Å². The molecule has 0 amide bonds. The van der Waals surface area contributed by atoms with Crippen molar-refractivity contribution in [1.29, 1.82) is 0 Å². The predicted octanol–water partition coefficient (Wildman–Crippen LogP) is 1.60. The molecule has 84 valence electrons. The minimum Gasteiger partial charge on any atom is -0.391 e. The minimum absolute atomic E-state index is 0.338. The van der Waals surface area contributed by atoms with Gasteiger partial charge in [0, 0.05) is 18.9 Å². The first-order valence-corrected chi connectivity index (χ1v) is 5.28. The average molecular weight is 209 g/mol. The molecular formula is C11H19N3O. The molecule has 1 atom stereocenters. The minimum atomic E-state index is -0.338. The molecule has 15 heavy (non-hydrogen) atoms. The maximum Gasteiger partial charge on any atom is 0.222 e. The SMILES string of the molecule is Cc1cnc(NCC(O)CC(C)C)nc1. The van der Waals surface area contributed by atoms with E-state index in [0.29, 0.717) is 18.4 Å². The summed E-state index contributed by atoms with van der Waals surface area (Å²) in [7, 11) is 0. The van der Waals surface area contributed by atoms with Crippen molar-refractivity contribution in [3.63, 3.8) is 0 Å². The van der Waals surface area contributed by atoms with Crippen LogP contribution in [-0.2, 0) is 0 Å². The number of hydrogen-bond donors (Lipinski definition) is 2. The Balaban J connectivity index is 2.33. The van der Waals surface area contributed by atoms with E-state index in [0.717, 1.165) is 12.0 Å². The van der Waals surface area contributed by atoms with Gasteiger partial charge in [0.2, 0.25) is 5.95 Å². The highest BCUT2D eigenvalue weighted by molar-refractivity contribution is 5.24. The fraction of sp³-hybridized carbons (Fsp3) is 0.636. The third kappa shape index (κ3) is 4.74. The fourth-order valence-electron chi connectivity index (χ4n) is 1.32. The number of nitrogens with zero attached hydrogens (tertiary/aromatic N) is 2. The van der Waals surface area contributed by atoms with Gasteiger partial charge in [0.25, 0.3) is 0 Å². The molecule has 0 aromatic carbocycles. The van der Waals surface area contributed by atoms with Crippen LogP contribution in [0.15, 0.2) is 12.4 Å². The van der Waals surface area contributed by atoms with E-state index in [-0.39, 0.29) is 6.10 Å². The van der Waals surface area contributed by atoms with Crippen LogP contribution in [0.4, 0.5) is 5.95 Å². The summed E-state index contributed by atoms with van der Waals surface area (Å²) in [6, 6.07) is 0. The first-order chi connectivity index (χ1) is 7.08. The quantitative estimate of drug-likeness (QED) is 0.773. The Morgan fingerprint density at radius 3 is 2.47 bits per heavy atom. The molecule has 4 nitrogen and oxygen atoms in total. The van der Waals surface area contributed by atoms with E-state index in [4.69, 9.17) is 0 Å². The summed E-state index contributed by atoms with van der Waals surface area (Å²) in [6.45, 7) is 6.62. The molecular weight excluding hydrogens is 190 g/mol. The van der Waals surface area contributed by atoms with Gasteiger partial charge < -0.3 is 10.4 Å². The van der Waals surface area contributed by atoms with Crippen LogP contribution in [0.5, 0.6) is 0 Å². The highest BCUT2D eigenvalue weighted by atomic mass is 16.3. The van der Waals surface area contributed by atoms with Crippen molar-refractivity contribution in [2.24, 2.45) is 5.92 Å². The Bertz CT molecular complexity index is 284. The maximum absolute atomic E-state index is 9.62. The lowest BCUT2D eigenvalue weighted by Gasteiger charge is -2.13. The fourth-order valence-corrected chi connectivity index (χ4v) is 1.32. The average Bonchev–Trinajstić information content (AvgIpc) is 2.16. The Morgan fingerprint density at radius 1 is 1.33 bits per heavy atom. The number of aromatic nitrogens is 2. The molecule has 0 aliphatic heterocycles. The van der Waals surface area contributed by atoms with Crippen LogP contribution in [-0.4, -0.2) is 27.7 Å². The van der Waals surface area contributed by atoms with E-state index in [1.807, 2.05) is 6.92 Å². The molecule has 4 heteroatoms. The van der Waals surface area contributed by atoms with Gasteiger partial charge >= 0.3 is 0 Å². The van der Waals surface area contributed by atoms with E-state index in [1.54, 1.807) is 12.4 Å². The smallest absolute Gasteiger partial charge is 0.222 e. The van der Waals surface area contributed by atoms with Gasteiger partial charge in [-0.3, -0.25) is 0 Å². The van der Waals surface area contributed by atoms with Gasteiger partial charge in [0.1, 0.15) is 0 Å². The van der Waals surface area contributed by atoms with Gasteiger partial charge in [-0.05, 0) is 24.8 Å². The van der Waals surface area contributed by atoms with Crippen molar-refractivity contribution in [3.05, 3.63) is 18.0 Å². The molecule has 0 bridgehead atoms. The van der Waals surface area contributed by atoms with Crippen LogP contribution < -0.4 is 5.32 Å². The molecule has 0 saturated heterocycles. The lowest BCUT2D eigenvalue weighted by molar-refractivity contribution is 0.161. The number of aliphatic hydroxyl groups is 1. The Labute approximate surface area is 90.8 Å². The molecule has 1 heterocycles.